The van der Waals surface area contributed by atoms with Crippen molar-refractivity contribution in [2.75, 3.05) is 7.11 Å². The highest BCUT2D eigenvalue weighted by Crippen LogP contribution is 2.47. The molecular formula is C21H15FO2S. The number of phenolic OH excluding ortho intramolecular Hbond substituents is 1. The lowest BCUT2D eigenvalue weighted by molar-refractivity contribution is 0.371. The Morgan fingerprint density at radius 3 is 2.44 bits per heavy atom. The second-order valence-corrected chi connectivity index (χ2v) is 6.72. The van der Waals surface area contributed by atoms with Crippen molar-refractivity contribution < 1.29 is 14.2 Å². The van der Waals surface area contributed by atoms with Crippen LogP contribution in [0.4, 0.5) is 4.39 Å². The molecule has 0 saturated heterocycles. The van der Waals surface area contributed by atoms with E-state index in [4.69, 9.17) is 4.74 Å². The van der Waals surface area contributed by atoms with Gasteiger partial charge in [-0.1, -0.05) is 48.5 Å². The highest BCUT2D eigenvalue weighted by atomic mass is 32.1. The molecule has 0 spiro atoms. The molecule has 1 N–H and O–H groups in total. The Kier molecular flexibility index (Phi) is 3.90. The maximum atomic E-state index is 14.7. The molecule has 0 bridgehead atoms. The Morgan fingerprint density at radius 2 is 1.68 bits per heavy atom. The smallest absolute Gasteiger partial charge is 0.161 e. The number of thiophene rings is 1. The summed E-state index contributed by atoms with van der Waals surface area (Å²) in [5, 5.41) is 10.8. The van der Waals surface area contributed by atoms with Crippen molar-refractivity contribution >= 4 is 21.4 Å². The third kappa shape index (κ3) is 2.65. The summed E-state index contributed by atoms with van der Waals surface area (Å²) in [5.41, 5.74) is 2.28. The van der Waals surface area contributed by atoms with E-state index in [9.17, 15) is 9.50 Å². The van der Waals surface area contributed by atoms with Gasteiger partial charge in [0.2, 0.25) is 0 Å². The second kappa shape index (κ2) is 6.22. The van der Waals surface area contributed by atoms with Crippen LogP contribution in [0.3, 0.4) is 0 Å². The van der Waals surface area contributed by atoms with E-state index in [1.807, 2.05) is 54.6 Å². The molecule has 0 atom stereocenters. The van der Waals surface area contributed by atoms with Gasteiger partial charge in [0.1, 0.15) is 5.82 Å². The molecule has 4 aromatic rings. The minimum atomic E-state index is -0.473. The summed E-state index contributed by atoms with van der Waals surface area (Å²) < 4.78 is 21.0. The van der Waals surface area contributed by atoms with Crippen LogP contribution in [-0.2, 0) is 0 Å². The molecule has 0 aliphatic heterocycles. The molecule has 0 unspecified atom stereocenters. The van der Waals surface area contributed by atoms with Crippen LogP contribution >= 0.6 is 11.3 Å². The van der Waals surface area contributed by atoms with E-state index < -0.39 is 5.82 Å². The molecule has 0 amide bonds. The van der Waals surface area contributed by atoms with Crippen LogP contribution in [0.1, 0.15) is 0 Å². The summed E-state index contributed by atoms with van der Waals surface area (Å²) in [5.74, 6) is -0.422. The first-order valence-corrected chi connectivity index (χ1v) is 8.64. The van der Waals surface area contributed by atoms with Crippen molar-refractivity contribution in [2.45, 2.75) is 0 Å². The first-order valence-electron chi connectivity index (χ1n) is 7.83. The lowest BCUT2D eigenvalue weighted by Gasteiger charge is -2.10. The van der Waals surface area contributed by atoms with E-state index in [1.54, 1.807) is 17.4 Å². The van der Waals surface area contributed by atoms with Gasteiger partial charge in [-0.3, -0.25) is 0 Å². The van der Waals surface area contributed by atoms with Crippen LogP contribution in [0, 0.1) is 5.82 Å². The van der Waals surface area contributed by atoms with Crippen LogP contribution in [0.5, 0.6) is 11.5 Å². The Hall–Kier alpha value is -2.85. The average Bonchev–Trinajstić information content (AvgIpc) is 3.02. The molecule has 4 rings (SSSR count). The zero-order valence-electron chi connectivity index (χ0n) is 13.5. The van der Waals surface area contributed by atoms with Crippen molar-refractivity contribution in [3.05, 3.63) is 72.5 Å². The van der Waals surface area contributed by atoms with Gasteiger partial charge in [0.05, 0.1) is 7.11 Å². The molecule has 4 heteroatoms. The first kappa shape index (κ1) is 15.7. The van der Waals surface area contributed by atoms with Gasteiger partial charge in [-0.05, 0) is 17.7 Å². The van der Waals surface area contributed by atoms with Gasteiger partial charge in [-0.2, -0.15) is 0 Å². The number of methoxy groups -OCH3 is 1. The zero-order valence-corrected chi connectivity index (χ0v) is 14.3. The third-order valence-corrected chi connectivity index (χ3v) is 5.39. The number of fused-ring (bicyclic) bond motifs is 1. The van der Waals surface area contributed by atoms with Crippen LogP contribution in [-0.4, -0.2) is 12.2 Å². The number of rotatable bonds is 3. The SMILES string of the molecule is COc1cc(-c2c(-c3ccccc3)sc3ccccc23)c(F)cc1O. The largest absolute Gasteiger partial charge is 0.504 e. The number of halogens is 1. The minimum Gasteiger partial charge on any atom is -0.504 e. The summed E-state index contributed by atoms with van der Waals surface area (Å²) in [6.07, 6.45) is 0. The van der Waals surface area contributed by atoms with Crippen molar-refractivity contribution in [1.82, 2.24) is 0 Å². The van der Waals surface area contributed by atoms with Gasteiger partial charge >= 0.3 is 0 Å². The maximum Gasteiger partial charge on any atom is 0.161 e. The standard InChI is InChI=1S/C21H15FO2S/c1-24-18-11-15(16(22)12-17(18)23)20-14-9-5-6-10-19(14)25-21(20)13-7-3-2-4-8-13/h2-12,23H,1H3. The summed E-state index contributed by atoms with van der Waals surface area (Å²) in [7, 11) is 1.46. The lowest BCUT2D eigenvalue weighted by atomic mass is 9.98. The first-order chi connectivity index (χ1) is 12.2. The molecule has 124 valence electrons. The van der Waals surface area contributed by atoms with Gasteiger partial charge in [0.25, 0.3) is 0 Å². The number of ether oxygens (including phenoxy) is 1. The van der Waals surface area contributed by atoms with Crippen LogP contribution in [0.25, 0.3) is 31.7 Å². The van der Waals surface area contributed by atoms with E-state index in [1.165, 1.54) is 7.11 Å². The van der Waals surface area contributed by atoms with Gasteiger partial charge < -0.3 is 9.84 Å². The Labute approximate surface area is 148 Å². The van der Waals surface area contributed by atoms with Crippen LogP contribution in [0.15, 0.2) is 66.7 Å². The van der Waals surface area contributed by atoms with Crippen molar-refractivity contribution in [3.8, 4) is 33.1 Å². The number of benzene rings is 3. The summed E-state index contributed by atoms with van der Waals surface area (Å²) in [6.45, 7) is 0. The Balaban J connectivity index is 2.08. The molecule has 25 heavy (non-hydrogen) atoms. The normalized spacial score (nSPS) is 11.0. The molecule has 0 fully saturated rings. The average molecular weight is 350 g/mol. The molecule has 0 radical (unpaired) electrons. The molecule has 3 aromatic carbocycles. The van der Waals surface area contributed by atoms with Crippen molar-refractivity contribution in [1.29, 1.82) is 0 Å². The predicted octanol–water partition coefficient (Wildman–Crippen LogP) is 6.09. The topological polar surface area (TPSA) is 29.5 Å². The van der Waals surface area contributed by atoms with Crippen LogP contribution < -0.4 is 4.74 Å². The molecule has 0 aliphatic rings. The van der Waals surface area contributed by atoms with Crippen molar-refractivity contribution in [3.63, 3.8) is 0 Å². The highest BCUT2D eigenvalue weighted by Gasteiger charge is 2.20. The molecule has 1 aromatic heterocycles. The van der Waals surface area contributed by atoms with E-state index in [0.717, 1.165) is 32.2 Å². The second-order valence-electron chi connectivity index (χ2n) is 5.67. The fourth-order valence-electron chi connectivity index (χ4n) is 3.00. The lowest BCUT2D eigenvalue weighted by Crippen LogP contribution is -1.90. The number of phenols is 1. The highest BCUT2D eigenvalue weighted by molar-refractivity contribution is 7.23. The maximum absolute atomic E-state index is 14.7. The van der Waals surface area contributed by atoms with E-state index in [0.29, 0.717) is 5.56 Å². The number of hydrogen-bond acceptors (Lipinski definition) is 3. The molecule has 0 aliphatic carbocycles. The summed E-state index contributed by atoms with van der Waals surface area (Å²) in [4.78, 5) is 0.994. The van der Waals surface area contributed by atoms with Gasteiger partial charge in [0, 0.05) is 32.2 Å². The third-order valence-electron chi connectivity index (χ3n) is 4.17. The van der Waals surface area contributed by atoms with Crippen LogP contribution in [0.2, 0.25) is 0 Å². The fraction of sp³-hybridized carbons (Fsp3) is 0.0476. The van der Waals surface area contributed by atoms with E-state index >= 15 is 0 Å². The quantitative estimate of drug-likeness (QED) is 0.484. The number of aromatic hydroxyl groups is 1. The van der Waals surface area contributed by atoms with E-state index in [2.05, 4.69) is 0 Å². The Bertz CT molecular complexity index is 1050. The predicted molar refractivity (Wildman–Crippen MR) is 101 cm³/mol. The monoisotopic (exact) mass is 350 g/mol. The molecular weight excluding hydrogens is 335 g/mol. The minimum absolute atomic E-state index is 0.204. The van der Waals surface area contributed by atoms with Gasteiger partial charge in [-0.15, -0.1) is 11.3 Å². The summed E-state index contributed by atoms with van der Waals surface area (Å²) >= 11 is 1.63. The molecule has 2 nitrogen and oxygen atoms in total. The number of hydrogen-bond donors (Lipinski definition) is 1. The zero-order chi connectivity index (χ0) is 17.4. The van der Waals surface area contributed by atoms with Gasteiger partial charge in [0.15, 0.2) is 11.5 Å². The summed E-state index contributed by atoms with van der Waals surface area (Å²) in [6, 6.07) is 20.6. The van der Waals surface area contributed by atoms with E-state index in [-0.39, 0.29) is 11.5 Å². The van der Waals surface area contributed by atoms with Gasteiger partial charge in [-0.25, -0.2) is 4.39 Å². The van der Waals surface area contributed by atoms with Crippen molar-refractivity contribution in [2.24, 2.45) is 0 Å². The molecule has 0 saturated carbocycles. The molecule has 1 heterocycles. The Morgan fingerprint density at radius 1 is 0.960 bits per heavy atom. The fourth-order valence-corrected chi connectivity index (χ4v) is 4.23.